The van der Waals surface area contributed by atoms with Gasteiger partial charge >= 0.3 is 0 Å². The molecule has 0 saturated heterocycles. The number of carbonyl (C=O) groups excluding carboxylic acids is 1. The normalized spacial score (nSPS) is 11.0. The highest BCUT2D eigenvalue weighted by atomic mass is 16.5. The molecule has 1 amide bonds. The van der Waals surface area contributed by atoms with Crippen LogP contribution in [-0.2, 0) is 24.2 Å². The molecular formula is C19H23N3O3. The van der Waals surface area contributed by atoms with Gasteiger partial charge in [0.25, 0.3) is 0 Å². The third kappa shape index (κ3) is 3.68. The number of aromatic amines is 1. The lowest BCUT2D eigenvalue weighted by atomic mass is 10.1. The van der Waals surface area contributed by atoms with Crippen LogP contribution >= 0.6 is 0 Å². The molecule has 0 bridgehead atoms. The van der Waals surface area contributed by atoms with Crippen molar-refractivity contribution in [3.05, 3.63) is 47.3 Å². The number of hydrogen-bond acceptors (Lipinski definition) is 4. The van der Waals surface area contributed by atoms with Gasteiger partial charge in [0.2, 0.25) is 5.91 Å². The number of H-pyrrole nitrogens is 1. The molecule has 3 rings (SSSR count). The number of carbonyl (C=O) groups is 1. The zero-order valence-corrected chi connectivity index (χ0v) is 14.8. The van der Waals surface area contributed by atoms with Crippen LogP contribution in [0.25, 0.3) is 10.9 Å². The molecule has 0 spiro atoms. The van der Waals surface area contributed by atoms with Gasteiger partial charge < -0.3 is 19.5 Å². The van der Waals surface area contributed by atoms with Crippen molar-refractivity contribution in [2.24, 2.45) is 0 Å². The maximum Gasteiger partial charge on any atom is 0.224 e. The summed E-state index contributed by atoms with van der Waals surface area (Å²) >= 11 is 0. The average molecular weight is 341 g/mol. The predicted octanol–water partition coefficient (Wildman–Crippen LogP) is 3.28. The maximum atomic E-state index is 12.4. The SMILES string of the molecule is CCOc1cccc2[nH]cc(CC(=O)NCc3oc(CC)nc3C)c12. The Kier molecular flexibility index (Phi) is 5.07. The van der Waals surface area contributed by atoms with Crippen LogP contribution in [0.3, 0.4) is 0 Å². The molecule has 25 heavy (non-hydrogen) atoms. The molecule has 1 aromatic carbocycles. The Balaban J connectivity index is 1.70. The van der Waals surface area contributed by atoms with Crippen LogP contribution in [0.15, 0.2) is 28.8 Å². The van der Waals surface area contributed by atoms with E-state index in [1.807, 2.05) is 45.2 Å². The number of nitrogens with zero attached hydrogens (tertiary/aromatic N) is 1. The zero-order chi connectivity index (χ0) is 17.8. The standard InChI is InChI=1S/C19H23N3O3/c1-4-18-22-12(3)16(25-18)11-21-17(23)9-13-10-20-14-7-6-8-15(19(13)14)24-5-2/h6-8,10,20H,4-5,9,11H2,1-3H3,(H,21,23). The first-order valence-corrected chi connectivity index (χ1v) is 8.56. The van der Waals surface area contributed by atoms with Gasteiger partial charge in [-0.25, -0.2) is 4.98 Å². The maximum absolute atomic E-state index is 12.4. The number of aryl methyl sites for hydroxylation is 2. The van der Waals surface area contributed by atoms with Crippen LogP contribution in [0.5, 0.6) is 5.75 Å². The number of benzene rings is 1. The van der Waals surface area contributed by atoms with Crippen LogP contribution < -0.4 is 10.1 Å². The van der Waals surface area contributed by atoms with E-state index in [0.717, 1.165) is 34.3 Å². The van der Waals surface area contributed by atoms with Crippen molar-refractivity contribution in [2.75, 3.05) is 6.61 Å². The van der Waals surface area contributed by atoms with Crippen molar-refractivity contribution in [2.45, 2.75) is 40.2 Å². The Labute approximate surface area is 146 Å². The Hall–Kier alpha value is -2.76. The van der Waals surface area contributed by atoms with Crippen molar-refractivity contribution in [3.63, 3.8) is 0 Å². The van der Waals surface area contributed by atoms with E-state index in [1.54, 1.807) is 0 Å². The topological polar surface area (TPSA) is 80.2 Å². The fraction of sp³-hybridized carbons (Fsp3) is 0.368. The molecule has 132 valence electrons. The highest BCUT2D eigenvalue weighted by molar-refractivity contribution is 5.93. The quantitative estimate of drug-likeness (QED) is 0.691. The molecule has 0 aliphatic heterocycles. The number of fused-ring (bicyclic) bond motifs is 1. The molecule has 2 N–H and O–H groups in total. The molecule has 0 fully saturated rings. The summed E-state index contributed by atoms with van der Waals surface area (Å²) in [6.07, 6.45) is 2.88. The fourth-order valence-electron chi connectivity index (χ4n) is 2.85. The second-order valence-corrected chi connectivity index (χ2v) is 5.85. The average Bonchev–Trinajstić information content (AvgIpc) is 3.17. The van der Waals surface area contributed by atoms with Crippen LogP contribution in [0.4, 0.5) is 0 Å². The second-order valence-electron chi connectivity index (χ2n) is 5.85. The summed E-state index contributed by atoms with van der Waals surface area (Å²) in [7, 11) is 0. The summed E-state index contributed by atoms with van der Waals surface area (Å²) < 4.78 is 11.3. The molecule has 6 heteroatoms. The van der Waals surface area contributed by atoms with Gasteiger partial charge in [-0.3, -0.25) is 4.79 Å². The molecule has 0 aliphatic carbocycles. The van der Waals surface area contributed by atoms with Gasteiger partial charge in [-0.05, 0) is 31.5 Å². The number of rotatable bonds is 7. The van der Waals surface area contributed by atoms with E-state index in [1.165, 1.54) is 0 Å². The lowest BCUT2D eigenvalue weighted by Crippen LogP contribution is -2.24. The molecule has 0 atom stereocenters. The third-order valence-electron chi connectivity index (χ3n) is 4.09. The highest BCUT2D eigenvalue weighted by Crippen LogP contribution is 2.29. The first kappa shape index (κ1) is 17.1. The minimum Gasteiger partial charge on any atom is -0.493 e. The van der Waals surface area contributed by atoms with Crippen molar-refractivity contribution in [1.29, 1.82) is 0 Å². The van der Waals surface area contributed by atoms with Gasteiger partial charge in [-0.15, -0.1) is 0 Å². The Morgan fingerprint density at radius 3 is 2.92 bits per heavy atom. The summed E-state index contributed by atoms with van der Waals surface area (Å²) in [5.74, 6) is 2.13. The Bertz CT molecular complexity index is 879. The van der Waals surface area contributed by atoms with Crippen molar-refractivity contribution in [1.82, 2.24) is 15.3 Å². The fourth-order valence-corrected chi connectivity index (χ4v) is 2.85. The Morgan fingerprint density at radius 2 is 2.20 bits per heavy atom. The molecule has 0 unspecified atom stereocenters. The number of oxazole rings is 1. The van der Waals surface area contributed by atoms with E-state index in [9.17, 15) is 4.79 Å². The minimum absolute atomic E-state index is 0.0685. The zero-order valence-electron chi connectivity index (χ0n) is 14.8. The largest absolute Gasteiger partial charge is 0.493 e. The van der Waals surface area contributed by atoms with Crippen LogP contribution in [0, 0.1) is 6.92 Å². The molecule has 0 radical (unpaired) electrons. The van der Waals surface area contributed by atoms with Crippen LogP contribution in [-0.4, -0.2) is 22.5 Å². The monoisotopic (exact) mass is 341 g/mol. The molecule has 6 nitrogen and oxygen atoms in total. The van der Waals surface area contributed by atoms with E-state index in [4.69, 9.17) is 9.15 Å². The van der Waals surface area contributed by atoms with E-state index in [2.05, 4.69) is 15.3 Å². The summed E-state index contributed by atoms with van der Waals surface area (Å²) in [5, 5.41) is 3.87. The van der Waals surface area contributed by atoms with E-state index in [-0.39, 0.29) is 12.3 Å². The van der Waals surface area contributed by atoms with Gasteiger partial charge in [0.15, 0.2) is 5.89 Å². The van der Waals surface area contributed by atoms with E-state index >= 15 is 0 Å². The van der Waals surface area contributed by atoms with Gasteiger partial charge in [0, 0.05) is 23.5 Å². The van der Waals surface area contributed by atoms with E-state index in [0.29, 0.717) is 24.8 Å². The molecule has 2 heterocycles. The summed E-state index contributed by atoms with van der Waals surface area (Å²) in [5.41, 5.74) is 2.70. The lowest BCUT2D eigenvalue weighted by Gasteiger charge is -2.07. The van der Waals surface area contributed by atoms with Crippen molar-refractivity contribution in [3.8, 4) is 5.75 Å². The number of amides is 1. The van der Waals surface area contributed by atoms with Crippen LogP contribution in [0.1, 0.15) is 36.8 Å². The highest BCUT2D eigenvalue weighted by Gasteiger charge is 2.14. The lowest BCUT2D eigenvalue weighted by molar-refractivity contribution is -0.120. The number of nitrogens with one attached hydrogen (secondary N) is 2. The first-order chi connectivity index (χ1) is 12.1. The van der Waals surface area contributed by atoms with Crippen molar-refractivity contribution < 1.29 is 13.9 Å². The molecule has 0 aliphatic rings. The predicted molar refractivity (Wildman–Crippen MR) is 95.6 cm³/mol. The van der Waals surface area contributed by atoms with Gasteiger partial charge in [0.05, 0.1) is 25.3 Å². The molecule has 2 aromatic heterocycles. The smallest absolute Gasteiger partial charge is 0.224 e. The van der Waals surface area contributed by atoms with Gasteiger partial charge in [-0.1, -0.05) is 13.0 Å². The van der Waals surface area contributed by atoms with Gasteiger partial charge in [0.1, 0.15) is 11.5 Å². The summed E-state index contributed by atoms with van der Waals surface area (Å²) in [6, 6.07) is 5.83. The number of aromatic nitrogens is 2. The summed E-state index contributed by atoms with van der Waals surface area (Å²) in [6.45, 7) is 6.75. The van der Waals surface area contributed by atoms with Crippen LogP contribution in [0.2, 0.25) is 0 Å². The molecule has 3 aromatic rings. The first-order valence-electron chi connectivity index (χ1n) is 8.56. The number of ether oxygens (including phenoxy) is 1. The van der Waals surface area contributed by atoms with E-state index < -0.39 is 0 Å². The number of hydrogen-bond donors (Lipinski definition) is 2. The molecular weight excluding hydrogens is 318 g/mol. The molecule has 0 saturated carbocycles. The summed E-state index contributed by atoms with van der Waals surface area (Å²) in [4.78, 5) is 19.9. The van der Waals surface area contributed by atoms with Gasteiger partial charge in [-0.2, -0.15) is 0 Å². The van der Waals surface area contributed by atoms with Crippen molar-refractivity contribution >= 4 is 16.8 Å². The second kappa shape index (κ2) is 7.42. The minimum atomic E-state index is -0.0685. The third-order valence-corrected chi connectivity index (χ3v) is 4.09. The Morgan fingerprint density at radius 1 is 1.36 bits per heavy atom.